The van der Waals surface area contributed by atoms with Crippen molar-refractivity contribution in [1.29, 1.82) is 0 Å². The summed E-state index contributed by atoms with van der Waals surface area (Å²) in [6.45, 7) is 1.71. The van der Waals surface area contributed by atoms with E-state index >= 15 is 0 Å². The first kappa shape index (κ1) is 11.5. The first-order chi connectivity index (χ1) is 7.36. The highest BCUT2D eigenvalue weighted by atomic mass is 32.2. The van der Waals surface area contributed by atoms with Crippen LogP contribution in [-0.4, -0.2) is 30.0 Å². The predicted octanol–water partition coefficient (Wildman–Crippen LogP) is 2.66. The van der Waals surface area contributed by atoms with E-state index in [2.05, 4.69) is 0 Å². The molecule has 2 fully saturated rings. The van der Waals surface area contributed by atoms with Gasteiger partial charge in [0.1, 0.15) is 5.78 Å². The summed E-state index contributed by atoms with van der Waals surface area (Å²) in [4.78, 5) is 12.0. The summed E-state index contributed by atoms with van der Waals surface area (Å²) < 4.78 is 5.31. The number of carbonyl (C=O) groups excluding carboxylic acids is 1. The fourth-order valence-electron chi connectivity index (χ4n) is 2.36. The Morgan fingerprint density at radius 3 is 2.67 bits per heavy atom. The van der Waals surface area contributed by atoms with Crippen molar-refractivity contribution >= 4 is 17.5 Å². The summed E-state index contributed by atoms with van der Waals surface area (Å²) in [5, 5.41) is 0.321. The van der Waals surface area contributed by atoms with Gasteiger partial charge in [0.2, 0.25) is 0 Å². The van der Waals surface area contributed by atoms with Gasteiger partial charge in [-0.25, -0.2) is 0 Å². The first-order valence-electron chi connectivity index (χ1n) is 6.08. The Kier molecular flexibility index (Phi) is 4.51. The van der Waals surface area contributed by atoms with Gasteiger partial charge in [0.15, 0.2) is 0 Å². The molecule has 0 spiro atoms. The number of hydrogen-bond acceptors (Lipinski definition) is 3. The molecule has 86 valence electrons. The number of hydrogen-bond donors (Lipinski definition) is 0. The van der Waals surface area contributed by atoms with E-state index in [9.17, 15) is 4.79 Å². The topological polar surface area (TPSA) is 26.3 Å². The minimum Gasteiger partial charge on any atom is -0.381 e. The van der Waals surface area contributed by atoms with Crippen LogP contribution in [0.2, 0.25) is 0 Å². The van der Waals surface area contributed by atoms with Crippen molar-refractivity contribution in [2.75, 3.05) is 19.0 Å². The van der Waals surface area contributed by atoms with Gasteiger partial charge in [-0.3, -0.25) is 4.79 Å². The minimum atomic E-state index is 0.321. The van der Waals surface area contributed by atoms with Crippen molar-refractivity contribution in [2.45, 2.75) is 43.8 Å². The van der Waals surface area contributed by atoms with Crippen LogP contribution in [0.15, 0.2) is 0 Å². The lowest BCUT2D eigenvalue weighted by molar-refractivity contribution is -0.120. The van der Waals surface area contributed by atoms with Gasteiger partial charge in [-0.15, -0.1) is 0 Å². The van der Waals surface area contributed by atoms with E-state index in [0.717, 1.165) is 38.9 Å². The zero-order valence-electron chi connectivity index (χ0n) is 9.24. The quantitative estimate of drug-likeness (QED) is 0.743. The fourth-order valence-corrected chi connectivity index (χ4v) is 3.63. The van der Waals surface area contributed by atoms with E-state index in [0.29, 0.717) is 17.0 Å². The van der Waals surface area contributed by atoms with E-state index in [1.807, 2.05) is 11.8 Å². The molecule has 0 aliphatic carbocycles. The van der Waals surface area contributed by atoms with Gasteiger partial charge in [-0.05, 0) is 37.4 Å². The lowest BCUT2D eigenvalue weighted by Gasteiger charge is -2.25. The number of Topliss-reactive ketones (excluding diaryl/α,β-unsaturated/α-hetero) is 1. The molecule has 0 radical (unpaired) electrons. The normalized spacial score (nSPS) is 28.9. The summed E-state index contributed by atoms with van der Waals surface area (Å²) in [6.07, 6.45) is 6.64. The Morgan fingerprint density at radius 1 is 1.20 bits per heavy atom. The van der Waals surface area contributed by atoms with Crippen molar-refractivity contribution in [3.05, 3.63) is 0 Å². The van der Waals surface area contributed by atoms with Gasteiger partial charge in [0.25, 0.3) is 0 Å². The highest BCUT2D eigenvalue weighted by Gasteiger charge is 2.25. The van der Waals surface area contributed by atoms with E-state index in [1.54, 1.807) is 0 Å². The predicted molar refractivity (Wildman–Crippen MR) is 63.3 cm³/mol. The van der Waals surface area contributed by atoms with Crippen LogP contribution in [0.3, 0.4) is 0 Å². The Morgan fingerprint density at radius 2 is 2.00 bits per heavy atom. The molecule has 0 saturated carbocycles. The van der Waals surface area contributed by atoms with E-state index < -0.39 is 0 Å². The Balaban J connectivity index is 1.74. The SMILES string of the molecule is O=C(CC1CCOCC1)C1CCCCS1. The molecule has 2 saturated heterocycles. The third-order valence-electron chi connectivity index (χ3n) is 3.37. The monoisotopic (exact) mass is 228 g/mol. The van der Waals surface area contributed by atoms with E-state index in [1.165, 1.54) is 18.6 Å². The molecule has 15 heavy (non-hydrogen) atoms. The lowest BCUT2D eigenvalue weighted by Crippen LogP contribution is -2.26. The minimum absolute atomic E-state index is 0.321. The summed E-state index contributed by atoms with van der Waals surface area (Å²) >= 11 is 1.88. The Labute approximate surface area is 96.1 Å². The average molecular weight is 228 g/mol. The zero-order chi connectivity index (χ0) is 10.5. The summed E-state index contributed by atoms with van der Waals surface area (Å²) in [7, 11) is 0. The lowest BCUT2D eigenvalue weighted by atomic mass is 9.92. The molecule has 0 aromatic rings. The van der Waals surface area contributed by atoms with Crippen LogP contribution in [-0.2, 0) is 9.53 Å². The van der Waals surface area contributed by atoms with Crippen LogP contribution in [0.4, 0.5) is 0 Å². The molecule has 2 aliphatic rings. The highest BCUT2D eigenvalue weighted by Crippen LogP contribution is 2.29. The molecular weight excluding hydrogens is 208 g/mol. The van der Waals surface area contributed by atoms with Gasteiger partial charge in [-0.1, -0.05) is 6.42 Å². The molecule has 0 aromatic carbocycles. The van der Waals surface area contributed by atoms with Gasteiger partial charge >= 0.3 is 0 Å². The molecule has 1 atom stereocenters. The van der Waals surface area contributed by atoms with Crippen LogP contribution in [0.5, 0.6) is 0 Å². The van der Waals surface area contributed by atoms with Gasteiger partial charge in [0, 0.05) is 19.6 Å². The maximum absolute atomic E-state index is 12.0. The largest absolute Gasteiger partial charge is 0.381 e. The molecule has 0 amide bonds. The summed E-state index contributed by atoms with van der Waals surface area (Å²) in [5.74, 6) is 2.30. The third-order valence-corrected chi connectivity index (χ3v) is 4.79. The van der Waals surface area contributed by atoms with E-state index in [4.69, 9.17) is 4.74 Å². The van der Waals surface area contributed by atoms with Crippen molar-refractivity contribution in [3.63, 3.8) is 0 Å². The molecule has 3 heteroatoms. The van der Waals surface area contributed by atoms with Crippen LogP contribution in [0.1, 0.15) is 38.5 Å². The molecule has 1 unspecified atom stereocenters. The molecular formula is C12H20O2S. The highest BCUT2D eigenvalue weighted by molar-refractivity contribution is 8.00. The number of thioether (sulfide) groups is 1. The molecule has 0 aromatic heterocycles. The zero-order valence-corrected chi connectivity index (χ0v) is 10.1. The Bertz CT molecular complexity index is 206. The number of carbonyl (C=O) groups is 1. The van der Waals surface area contributed by atoms with Gasteiger partial charge < -0.3 is 4.74 Å². The number of ether oxygens (including phenoxy) is 1. The van der Waals surface area contributed by atoms with Gasteiger partial charge in [-0.2, -0.15) is 11.8 Å². The molecule has 2 aliphatic heterocycles. The molecule has 0 bridgehead atoms. The molecule has 2 rings (SSSR count). The van der Waals surface area contributed by atoms with E-state index in [-0.39, 0.29) is 0 Å². The second kappa shape index (κ2) is 5.90. The standard InChI is InChI=1S/C12H20O2S/c13-11(12-3-1-2-8-15-12)9-10-4-6-14-7-5-10/h10,12H,1-9H2. The number of rotatable bonds is 3. The number of ketones is 1. The van der Waals surface area contributed by atoms with Crippen LogP contribution in [0, 0.1) is 5.92 Å². The molecule has 2 heterocycles. The third kappa shape index (κ3) is 3.49. The van der Waals surface area contributed by atoms with Crippen LogP contribution < -0.4 is 0 Å². The molecule has 0 N–H and O–H groups in total. The van der Waals surface area contributed by atoms with Crippen molar-refractivity contribution < 1.29 is 9.53 Å². The van der Waals surface area contributed by atoms with Crippen LogP contribution >= 0.6 is 11.8 Å². The fraction of sp³-hybridized carbons (Fsp3) is 0.917. The maximum atomic E-state index is 12.0. The summed E-state index contributed by atoms with van der Waals surface area (Å²) in [5.41, 5.74) is 0. The maximum Gasteiger partial charge on any atom is 0.146 e. The second-order valence-electron chi connectivity index (χ2n) is 4.58. The van der Waals surface area contributed by atoms with Gasteiger partial charge in [0.05, 0.1) is 5.25 Å². The second-order valence-corrected chi connectivity index (χ2v) is 5.89. The average Bonchev–Trinajstić information content (AvgIpc) is 2.31. The smallest absolute Gasteiger partial charge is 0.146 e. The molecule has 2 nitrogen and oxygen atoms in total. The summed E-state index contributed by atoms with van der Waals surface area (Å²) in [6, 6.07) is 0. The van der Waals surface area contributed by atoms with Crippen molar-refractivity contribution in [3.8, 4) is 0 Å². The Hall–Kier alpha value is -0.0200. The van der Waals surface area contributed by atoms with Crippen LogP contribution in [0.25, 0.3) is 0 Å². The van der Waals surface area contributed by atoms with Crippen molar-refractivity contribution in [2.24, 2.45) is 5.92 Å². The van der Waals surface area contributed by atoms with Crippen molar-refractivity contribution in [1.82, 2.24) is 0 Å². The first-order valence-corrected chi connectivity index (χ1v) is 7.13.